The van der Waals surface area contributed by atoms with Crippen LogP contribution in [0, 0.1) is 6.92 Å². The molecule has 1 rings (SSSR count). The van der Waals surface area contributed by atoms with Gasteiger partial charge in [0.1, 0.15) is 0 Å². The highest BCUT2D eigenvalue weighted by Crippen LogP contribution is 2.41. The molecule has 1 unspecified atom stereocenters. The molecule has 0 spiro atoms. The highest BCUT2D eigenvalue weighted by atomic mass is 79.9. The Morgan fingerprint density at radius 2 is 2.12 bits per heavy atom. The van der Waals surface area contributed by atoms with Crippen molar-refractivity contribution in [2.75, 3.05) is 7.11 Å². The Balaban J connectivity index is 3.41. The second kappa shape index (κ2) is 4.71. The van der Waals surface area contributed by atoms with E-state index in [0.29, 0.717) is 5.56 Å². The number of aliphatic hydroxyl groups is 1. The molecule has 3 N–H and O–H groups in total. The fourth-order valence-electron chi connectivity index (χ4n) is 1.37. The van der Waals surface area contributed by atoms with Crippen LogP contribution in [-0.2, 0) is 4.79 Å². The number of carbonyl (C=O) groups is 1. The molecule has 0 radical (unpaired) electrons. The Kier molecular flexibility index (Phi) is 3.77. The van der Waals surface area contributed by atoms with Gasteiger partial charge in [-0.05, 0) is 34.5 Å². The van der Waals surface area contributed by atoms with Crippen molar-refractivity contribution in [3.05, 3.63) is 21.7 Å². The normalized spacial score (nSPS) is 12.2. The number of phenols is 1. The van der Waals surface area contributed by atoms with Crippen molar-refractivity contribution >= 4 is 21.9 Å². The summed E-state index contributed by atoms with van der Waals surface area (Å²) in [6.07, 6.45) is -1.69. The Bertz CT molecular complexity index is 430. The monoisotopic (exact) mass is 290 g/mol. The fraction of sp³-hybridized carbons (Fsp3) is 0.300. The van der Waals surface area contributed by atoms with Crippen LogP contribution in [-0.4, -0.2) is 28.4 Å². The summed E-state index contributed by atoms with van der Waals surface area (Å²) in [6, 6.07) is 1.46. The molecule has 1 aromatic carbocycles. The van der Waals surface area contributed by atoms with Crippen molar-refractivity contribution < 1.29 is 24.9 Å². The maximum absolute atomic E-state index is 10.7. The molecule has 0 aromatic heterocycles. The zero-order valence-corrected chi connectivity index (χ0v) is 10.3. The molecule has 0 bridgehead atoms. The Hall–Kier alpha value is -1.27. The molecular formula is C10H11BrO5. The number of aromatic hydroxyl groups is 1. The topological polar surface area (TPSA) is 87.0 Å². The van der Waals surface area contributed by atoms with Crippen LogP contribution in [0.5, 0.6) is 11.5 Å². The number of aliphatic hydroxyl groups excluding tert-OH is 1. The molecule has 6 heteroatoms. The summed E-state index contributed by atoms with van der Waals surface area (Å²) in [5, 5.41) is 27.8. The smallest absolute Gasteiger partial charge is 0.337 e. The Labute approximate surface area is 100 Å². The number of carboxylic acids is 1. The van der Waals surface area contributed by atoms with E-state index >= 15 is 0 Å². The van der Waals surface area contributed by atoms with Gasteiger partial charge in [-0.15, -0.1) is 0 Å². The molecule has 0 aliphatic heterocycles. The lowest BCUT2D eigenvalue weighted by Gasteiger charge is -2.15. The molecule has 5 nitrogen and oxygen atoms in total. The standard InChI is InChI=1S/C10H11BrO5/c1-4-3-5(16-2)8(12)7(11)6(4)9(13)10(14)15/h3,9,12-13H,1-2H3,(H,14,15). The van der Waals surface area contributed by atoms with Gasteiger partial charge >= 0.3 is 5.97 Å². The summed E-state index contributed by atoms with van der Waals surface area (Å²) in [5.74, 6) is -1.40. The summed E-state index contributed by atoms with van der Waals surface area (Å²) in [4.78, 5) is 10.7. The van der Waals surface area contributed by atoms with E-state index in [2.05, 4.69) is 15.9 Å². The van der Waals surface area contributed by atoms with Gasteiger partial charge in [-0.1, -0.05) is 0 Å². The lowest BCUT2D eigenvalue weighted by Crippen LogP contribution is -2.12. The zero-order valence-electron chi connectivity index (χ0n) is 8.69. The molecule has 0 aliphatic carbocycles. The summed E-state index contributed by atoms with van der Waals surface area (Å²) in [6.45, 7) is 1.62. The first-order chi connectivity index (χ1) is 7.40. The van der Waals surface area contributed by atoms with Gasteiger partial charge in [-0.25, -0.2) is 4.79 Å². The number of rotatable bonds is 3. The quantitative estimate of drug-likeness (QED) is 0.787. The van der Waals surface area contributed by atoms with Crippen LogP contribution in [0.25, 0.3) is 0 Å². The molecule has 0 amide bonds. The number of methoxy groups -OCH3 is 1. The zero-order chi connectivity index (χ0) is 12.5. The van der Waals surface area contributed by atoms with Crippen molar-refractivity contribution in [1.82, 2.24) is 0 Å². The maximum Gasteiger partial charge on any atom is 0.337 e. The molecule has 0 saturated heterocycles. The number of hydrogen-bond donors (Lipinski definition) is 3. The maximum atomic E-state index is 10.7. The first kappa shape index (κ1) is 12.8. The van der Waals surface area contributed by atoms with Gasteiger partial charge < -0.3 is 20.1 Å². The average molecular weight is 291 g/mol. The van der Waals surface area contributed by atoms with Gasteiger partial charge in [0.25, 0.3) is 0 Å². The molecule has 0 aliphatic rings. The molecule has 1 aromatic rings. The summed E-state index contributed by atoms with van der Waals surface area (Å²) in [7, 11) is 1.38. The molecule has 88 valence electrons. The minimum absolute atomic E-state index is 0.116. The molecular weight excluding hydrogens is 280 g/mol. The summed E-state index contributed by atoms with van der Waals surface area (Å²) < 4.78 is 5.02. The number of benzene rings is 1. The van der Waals surface area contributed by atoms with E-state index in [1.54, 1.807) is 6.92 Å². The van der Waals surface area contributed by atoms with Crippen molar-refractivity contribution in [3.63, 3.8) is 0 Å². The van der Waals surface area contributed by atoms with Gasteiger partial charge in [0.15, 0.2) is 17.6 Å². The first-order valence-corrected chi connectivity index (χ1v) is 5.16. The fourth-order valence-corrected chi connectivity index (χ4v) is 2.09. The van der Waals surface area contributed by atoms with E-state index in [1.807, 2.05) is 0 Å². The van der Waals surface area contributed by atoms with Crippen molar-refractivity contribution in [3.8, 4) is 11.5 Å². The molecule has 0 fully saturated rings. The SMILES string of the molecule is COc1cc(C)c(C(O)C(=O)O)c(Br)c1O. The van der Waals surface area contributed by atoms with Crippen molar-refractivity contribution in [1.29, 1.82) is 0 Å². The van der Waals surface area contributed by atoms with E-state index in [0.717, 1.165) is 0 Å². The van der Waals surface area contributed by atoms with Gasteiger partial charge in [-0.2, -0.15) is 0 Å². The van der Waals surface area contributed by atoms with E-state index in [-0.39, 0.29) is 21.5 Å². The van der Waals surface area contributed by atoms with E-state index in [9.17, 15) is 15.0 Å². The third-order valence-corrected chi connectivity index (χ3v) is 2.98. The molecule has 0 saturated carbocycles. The van der Waals surface area contributed by atoms with Gasteiger partial charge in [0.05, 0.1) is 11.6 Å². The number of ether oxygens (including phenoxy) is 1. The molecule has 16 heavy (non-hydrogen) atoms. The van der Waals surface area contributed by atoms with Crippen LogP contribution in [0.2, 0.25) is 0 Å². The van der Waals surface area contributed by atoms with Gasteiger partial charge in [-0.3, -0.25) is 0 Å². The van der Waals surface area contributed by atoms with Crippen LogP contribution >= 0.6 is 15.9 Å². The third-order valence-electron chi connectivity index (χ3n) is 2.18. The van der Waals surface area contributed by atoms with Crippen LogP contribution in [0.1, 0.15) is 17.2 Å². The predicted octanol–water partition coefficient (Wildman–Crippen LogP) is 1.59. The van der Waals surface area contributed by atoms with Crippen molar-refractivity contribution in [2.24, 2.45) is 0 Å². The number of hydrogen-bond acceptors (Lipinski definition) is 4. The minimum Gasteiger partial charge on any atom is -0.503 e. The van der Waals surface area contributed by atoms with Crippen LogP contribution in [0.3, 0.4) is 0 Å². The average Bonchev–Trinajstić information content (AvgIpc) is 2.23. The summed E-state index contributed by atoms with van der Waals surface area (Å²) >= 11 is 3.04. The van der Waals surface area contributed by atoms with Crippen LogP contribution in [0.15, 0.2) is 10.5 Å². The van der Waals surface area contributed by atoms with Gasteiger partial charge in [0, 0.05) is 5.56 Å². The van der Waals surface area contributed by atoms with E-state index in [1.165, 1.54) is 13.2 Å². The largest absolute Gasteiger partial charge is 0.503 e. The lowest BCUT2D eigenvalue weighted by atomic mass is 10.0. The van der Waals surface area contributed by atoms with Crippen LogP contribution in [0.4, 0.5) is 0 Å². The molecule has 1 atom stereocenters. The highest BCUT2D eigenvalue weighted by Gasteiger charge is 2.24. The van der Waals surface area contributed by atoms with Gasteiger partial charge in [0.2, 0.25) is 0 Å². The first-order valence-electron chi connectivity index (χ1n) is 4.37. The number of carboxylic acid groups (broad SMARTS) is 1. The molecule has 0 heterocycles. The Morgan fingerprint density at radius 1 is 1.56 bits per heavy atom. The number of aliphatic carboxylic acids is 1. The lowest BCUT2D eigenvalue weighted by molar-refractivity contribution is -0.147. The number of halogens is 1. The summed E-state index contributed by atoms with van der Waals surface area (Å²) in [5.41, 5.74) is 0.627. The third kappa shape index (κ3) is 2.12. The minimum atomic E-state index is -1.69. The second-order valence-corrected chi connectivity index (χ2v) is 4.01. The van der Waals surface area contributed by atoms with E-state index in [4.69, 9.17) is 9.84 Å². The van der Waals surface area contributed by atoms with E-state index < -0.39 is 12.1 Å². The van der Waals surface area contributed by atoms with Crippen molar-refractivity contribution in [2.45, 2.75) is 13.0 Å². The predicted molar refractivity (Wildman–Crippen MR) is 59.7 cm³/mol. The van der Waals surface area contributed by atoms with Crippen LogP contribution < -0.4 is 4.74 Å². The second-order valence-electron chi connectivity index (χ2n) is 3.21. The highest BCUT2D eigenvalue weighted by molar-refractivity contribution is 9.10. The Morgan fingerprint density at radius 3 is 2.56 bits per heavy atom. The number of phenolic OH excluding ortho intramolecular Hbond substituents is 1. The number of aryl methyl sites for hydroxylation is 1.